The minimum absolute atomic E-state index is 0.0272. The minimum Gasteiger partial charge on any atom is -0.491 e. The Balaban J connectivity index is 1.88. The molecule has 0 atom stereocenters. The number of anilines is 2. The predicted molar refractivity (Wildman–Crippen MR) is 93.8 cm³/mol. The number of fused-ring (bicyclic) bond motifs is 1. The monoisotopic (exact) mass is 324 g/mol. The van der Waals surface area contributed by atoms with Crippen molar-refractivity contribution in [2.24, 2.45) is 0 Å². The first-order valence-electron chi connectivity index (χ1n) is 7.87. The molecule has 0 unspecified atom stereocenters. The summed E-state index contributed by atoms with van der Waals surface area (Å²) in [5.41, 5.74) is 4.04. The molecule has 2 aromatic carbocycles. The maximum Gasteiger partial charge on any atom is 0.255 e. The molecule has 5 heteroatoms. The van der Waals surface area contributed by atoms with Gasteiger partial charge in [0.15, 0.2) is 0 Å². The van der Waals surface area contributed by atoms with Gasteiger partial charge in [0.2, 0.25) is 5.91 Å². The van der Waals surface area contributed by atoms with Crippen LogP contribution in [0.4, 0.5) is 11.4 Å². The molecule has 1 N–H and O–H groups in total. The number of aryl methyl sites for hydroxylation is 2. The van der Waals surface area contributed by atoms with Crippen LogP contribution < -0.4 is 15.0 Å². The predicted octanol–water partition coefficient (Wildman–Crippen LogP) is 3.30. The smallest absolute Gasteiger partial charge is 0.255 e. The lowest BCUT2D eigenvalue weighted by Gasteiger charge is -2.17. The van der Waals surface area contributed by atoms with Gasteiger partial charge in [-0.05, 0) is 55.3 Å². The summed E-state index contributed by atoms with van der Waals surface area (Å²) in [6.07, 6.45) is 0.329. The van der Waals surface area contributed by atoms with Gasteiger partial charge in [-0.2, -0.15) is 0 Å². The van der Waals surface area contributed by atoms with Crippen molar-refractivity contribution in [3.8, 4) is 5.75 Å². The number of hydrogen-bond acceptors (Lipinski definition) is 3. The number of amides is 2. The normalized spacial score (nSPS) is 13.8. The lowest BCUT2D eigenvalue weighted by atomic mass is 10.1. The van der Waals surface area contributed by atoms with Crippen molar-refractivity contribution >= 4 is 23.2 Å². The lowest BCUT2D eigenvalue weighted by Crippen LogP contribution is -2.25. The number of benzene rings is 2. The third kappa shape index (κ3) is 3.25. The molecule has 0 aromatic heterocycles. The molecule has 0 spiro atoms. The highest BCUT2D eigenvalue weighted by Crippen LogP contribution is 2.31. The first-order chi connectivity index (χ1) is 11.4. The highest BCUT2D eigenvalue weighted by Gasteiger charge is 2.21. The van der Waals surface area contributed by atoms with Crippen LogP contribution in [0.1, 0.15) is 27.9 Å². The second kappa shape index (κ2) is 6.35. The van der Waals surface area contributed by atoms with Crippen molar-refractivity contribution in [2.45, 2.75) is 20.3 Å². The number of carbonyl (C=O) groups is 2. The number of hydrogen-bond donors (Lipinski definition) is 1. The molecule has 1 aliphatic heterocycles. The molecule has 24 heavy (non-hydrogen) atoms. The van der Waals surface area contributed by atoms with E-state index in [0.29, 0.717) is 30.0 Å². The summed E-state index contributed by atoms with van der Waals surface area (Å²) in [4.78, 5) is 26.0. The van der Waals surface area contributed by atoms with Gasteiger partial charge in [-0.25, -0.2) is 0 Å². The SMILES string of the molecule is Cc1cc(C)cc(NC(=O)c2ccc3c(c2)N(C)C(=O)CCO3)c1. The van der Waals surface area contributed by atoms with Crippen molar-refractivity contribution in [2.75, 3.05) is 23.9 Å². The maximum absolute atomic E-state index is 12.5. The van der Waals surface area contributed by atoms with Crippen LogP contribution in [0.3, 0.4) is 0 Å². The molecule has 1 aliphatic rings. The summed E-state index contributed by atoms with van der Waals surface area (Å²) in [6.45, 7) is 4.33. The van der Waals surface area contributed by atoms with E-state index in [2.05, 4.69) is 11.4 Å². The molecule has 1 heterocycles. The minimum atomic E-state index is -0.215. The van der Waals surface area contributed by atoms with E-state index in [1.54, 1.807) is 25.2 Å². The Bertz CT molecular complexity index is 794. The van der Waals surface area contributed by atoms with Gasteiger partial charge in [-0.1, -0.05) is 6.07 Å². The summed E-state index contributed by atoms with van der Waals surface area (Å²) >= 11 is 0. The van der Waals surface area contributed by atoms with Crippen LogP contribution in [0.5, 0.6) is 5.75 Å². The van der Waals surface area contributed by atoms with Gasteiger partial charge < -0.3 is 15.0 Å². The van der Waals surface area contributed by atoms with E-state index in [1.165, 1.54) is 4.90 Å². The Hall–Kier alpha value is -2.82. The molecule has 3 rings (SSSR count). The molecule has 2 aromatic rings. The van der Waals surface area contributed by atoms with Crippen molar-refractivity contribution < 1.29 is 14.3 Å². The van der Waals surface area contributed by atoms with Crippen molar-refractivity contribution in [1.29, 1.82) is 0 Å². The topological polar surface area (TPSA) is 58.6 Å². The Morgan fingerprint density at radius 3 is 2.54 bits per heavy atom. The standard InChI is InChI=1S/C19H20N2O3/c1-12-8-13(2)10-15(9-12)20-19(23)14-4-5-17-16(11-14)21(3)18(22)6-7-24-17/h4-5,8-11H,6-7H2,1-3H3,(H,20,23). The molecule has 0 aliphatic carbocycles. The van der Waals surface area contributed by atoms with Crippen LogP contribution in [-0.4, -0.2) is 25.5 Å². The number of ether oxygens (including phenoxy) is 1. The van der Waals surface area contributed by atoms with E-state index in [-0.39, 0.29) is 11.8 Å². The van der Waals surface area contributed by atoms with Crippen molar-refractivity contribution in [1.82, 2.24) is 0 Å². The summed E-state index contributed by atoms with van der Waals surface area (Å²) in [5.74, 6) is 0.375. The molecule has 124 valence electrons. The number of nitrogens with one attached hydrogen (secondary N) is 1. The number of carbonyl (C=O) groups excluding carboxylic acids is 2. The van der Waals surface area contributed by atoms with Crippen LogP contribution in [0, 0.1) is 13.8 Å². The van der Waals surface area contributed by atoms with Gasteiger partial charge >= 0.3 is 0 Å². The summed E-state index contributed by atoms with van der Waals surface area (Å²) in [7, 11) is 1.70. The fraction of sp³-hybridized carbons (Fsp3) is 0.263. The number of rotatable bonds is 2. The quantitative estimate of drug-likeness (QED) is 0.922. The van der Waals surface area contributed by atoms with E-state index < -0.39 is 0 Å². The fourth-order valence-corrected chi connectivity index (χ4v) is 2.84. The summed E-state index contributed by atoms with van der Waals surface area (Å²) in [6, 6.07) is 11.0. The van der Waals surface area contributed by atoms with Gasteiger partial charge in [-0.15, -0.1) is 0 Å². The molecule has 5 nitrogen and oxygen atoms in total. The van der Waals surface area contributed by atoms with E-state index >= 15 is 0 Å². The van der Waals surface area contributed by atoms with Gasteiger partial charge in [-0.3, -0.25) is 9.59 Å². The zero-order chi connectivity index (χ0) is 17.3. The zero-order valence-corrected chi connectivity index (χ0v) is 14.1. The van der Waals surface area contributed by atoms with Crippen LogP contribution >= 0.6 is 0 Å². The molecular weight excluding hydrogens is 304 g/mol. The zero-order valence-electron chi connectivity index (χ0n) is 14.1. The molecule has 0 fully saturated rings. The first-order valence-corrected chi connectivity index (χ1v) is 7.87. The average molecular weight is 324 g/mol. The van der Waals surface area contributed by atoms with Gasteiger partial charge in [0.05, 0.1) is 18.7 Å². The highest BCUT2D eigenvalue weighted by molar-refractivity contribution is 6.06. The Morgan fingerprint density at radius 1 is 1.12 bits per heavy atom. The third-order valence-electron chi connectivity index (χ3n) is 4.01. The van der Waals surface area contributed by atoms with E-state index in [0.717, 1.165) is 16.8 Å². The fourth-order valence-electron chi connectivity index (χ4n) is 2.84. The Morgan fingerprint density at radius 2 is 1.83 bits per heavy atom. The first kappa shape index (κ1) is 16.1. The van der Waals surface area contributed by atoms with Gasteiger partial charge in [0, 0.05) is 18.3 Å². The Kier molecular flexibility index (Phi) is 4.25. The van der Waals surface area contributed by atoms with E-state index in [9.17, 15) is 9.59 Å². The number of nitrogens with zero attached hydrogens (tertiary/aromatic N) is 1. The molecular formula is C19H20N2O3. The van der Waals surface area contributed by atoms with Gasteiger partial charge in [0.1, 0.15) is 5.75 Å². The largest absolute Gasteiger partial charge is 0.491 e. The second-order valence-corrected chi connectivity index (χ2v) is 6.06. The molecule has 0 saturated carbocycles. The lowest BCUT2D eigenvalue weighted by molar-refractivity contribution is -0.118. The molecule has 0 saturated heterocycles. The van der Waals surface area contributed by atoms with Crippen LogP contribution in [0.25, 0.3) is 0 Å². The van der Waals surface area contributed by atoms with Crippen molar-refractivity contribution in [3.63, 3.8) is 0 Å². The highest BCUT2D eigenvalue weighted by atomic mass is 16.5. The third-order valence-corrected chi connectivity index (χ3v) is 4.01. The van der Waals surface area contributed by atoms with E-state index in [1.807, 2.05) is 26.0 Å². The van der Waals surface area contributed by atoms with Crippen LogP contribution in [0.2, 0.25) is 0 Å². The second-order valence-electron chi connectivity index (χ2n) is 6.06. The maximum atomic E-state index is 12.5. The van der Waals surface area contributed by atoms with Crippen LogP contribution in [0.15, 0.2) is 36.4 Å². The average Bonchev–Trinajstić information content (AvgIpc) is 2.66. The van der Waals surface area contributed by atoms with E-state index in [4.69, 9.17) is 4.74 Å². The summed E-state index contributed by atoms with van der Waals surface area (Å²) in [5, 5.41) is 2.91. The van der Waals surface area contributed by atoms with Crippen LogP contribution in [-0.2, 0) is 4.79 Å². The van der Waals surface area contributed by atoms with Gasteiger partial charge in [0.25, 0.3) is 5.91 Å². The van der Waals surface area contributed by atoms with Crippen molar-refractivity contribution in [3.05, 3.63) is 53.1 Å². The Labute approximate surface area is 141 Å². The molecule has 0 bridgehead atoms. The summed E-state index contributed by atoms with van der Waals surface area (Å²) < 4.78 is 5.58. The molecule has 0 radical (unpaired) electrons. The molecule has 2 amide bonds.